The lowest BCUT2D eigenvalue weighted by Crippen LogP contribution is -2.53. The second kappa shape index (κ2) is 3.42. The van der Waals surface area contributed by atoms with Gasteiger partial charge >= 0.3 is 0 Å². The number of aliphatic hydroxyl groups is 1. The van der Waals surface area contributed by atoms with Gasteiger partial charge in [0.25, 0.3) is 0 Å². The molecule has 0 unspecified atom stereocenters. The fourth-order valence-electron chi connectivity index (χ4n) is 3.06. The third kappa shape index (κ3) is 1.90. The van der Waals surface area contributed by atoms with Crippen LogP contribution in [-0.2, 0) is 18.9 Å². The second-order valence-electron chi connectivity index (χ2n) is 6.01. The summed E-state index contributed by atoms with van der Waals surface area (Å²) >= 11 is 0. The van der Waals surface area contributed by atoms with Crippen molar-refractivity contribution < 1.29 is 24.1 Å². The minimum Gasteiger partial charge on any atom is -0.390 e. The Labute approximate surface area is 101 Å². The molecule has 3 fully saturated rings. The molecule has 3 rings (SSSR count). The van der Waals surface area contributed by atoms with Crippen molar-refractivity contribution in [3.63, 3.8) is 0 Å². The van der Waals surface area contributed by atoms with E-state index >= 15 is 0 Å². The number of hydrogen-bond donors (Lipinski definition) is 1. The van der Waals surface area contributed by atoms with E-state index in [4.69, 9.17) is 18.9 Å². The molecule has 1 N–H and O–H groups in total. The Morgan fingerprint density at radius 1 is 0.824 bits per heavy atom. The standard InChI is InChI=1S/C12H20O5/c1-11(2)14-7-5-6(13)8-10(9(7)16-11)17-12(3,4)15-8/h6-10,13H,5H2,1-4H3/t6-,7-,8+,9+,10+/m1/s1. The van der Waals surface area contributed by atoms with Gasteiger partial charge in [-0.1, -0.05) is 0 Å². The Morgan fingerprint density at radius 3 is 2.06 bits per heavy atom. The first-order valence-corrected chi connectivity index (χ1v) is 6.17. The number of aliphatic hydroxyl groups excluding tert-OH is 1. The van der Waals surface area contributed by atoms with E-state index in [0.29, 0.717) is 6.42 Å². The average molecular weight is 244 g/mol. The minimum atomic E-state index is -0.665. The molecule has 98 valence electrons. The number of rotatable bonds is 0. The van der Waals surface area contributed by atoms with Crippen molar-refractivity contribution >= 4 is 0 Å². The molecular weight excluding hydrogens is 224 g/mol. The van der Waals surface area contributed by atoms with Gasteiger partial charge in [0.15, 0.2) is 11.6 Å². The van der Waals surface area contributed by atoms with Crippen LogP contribution in [0.25, 0.3) is 0 Å². The predicted molar refractivity (Wildman–Crippen MR) is 58.3 cm³/mol. The zero-order chi connectivity index (χ0) is 12.4. The van der Waals surface area contributed by atoms with Crippen molar-refractivity contribution in [3.05, 3.63) is 0 Å². The molecule has 17 heavy (non-hydrogen) atoms. The Morgan fingerprint density at radius 2 is 1.35 bits per heavy atom. The van der Waals surface area contributed by atoms with Crippen LogP contribution in [0.5, 0.6) is 0 Å². The zero-order valence-corrected chi connectivity index (χ0v) is 10.7. The van der Waals surface area contributed by atoms with Gasteiger partial charge in [0.05, 0.1) is 12.2 Å². The Kier molecular flexibility index (Phi) is 2.39. The summed E-state index contributed by atoms with van der Waals surface area (Å²) in [7, 11) is 0. The van der Waals surface area contributed by atoms with Crippen LogP contribution < -0.4 is 0 Å². The van der Waals surface area contributed by atoms with E-state index in [0.717, 1.165) is 0 Å². The molecule has 0 aromatic rings. The van der Waals surface area contributed by atoms with E-state index in [1.54, 1.807) is 0 Å². The maximum absolute atomic E-state index is 10.1. The molecule has 3 aliphatic rings. The molecule has 0 radical (unpaired) electrons. The minimum absolute atomic E-state index is 0.112. The summed E-state index contributed by atoms with van der Waals surface area (Å²) in [6.45, 7) is 7.48. The second-order valence-corrected chi connectivity index (χ2v) is 6.01. The summed E-state index contributed by atoms with van der Waals surface area (Å²) in [6, 6.07) is 0. The van der Waals surface area contributed by atoms with E-state index < -0.39 is 17.7 Å². The smallest absolute Gasteiger partial charge is 0.164 e. The van der Waals surface area contributed by atoms with Crippen LogP contribution in [0.15, 0.2) is 0 Å². The number of hydrogen-bond acceptors (Lipinski definition) is 5. The van der Waals surface area contributed by atoms with Gasteiger partial charge < -0.3 is 24.1 Å². The van der Waals surface area contributed by atoms with E-state index in [-0.39, 0.29) is 24.4 Å². The fourth-order valence-corrected chi connectivity index (χ4v) is 3.06. The summed E-state index contributed by atoms with van der Waals surface area (Å²) < 4.78 is 23.2. The van der Waals surface area contributed by atoms with Crippen molar-refractivity contribution in [2.75, 3.05) is 0 Å². The molecule has 5 heteroatoms. The third-order valence-corrected chi connectivity index (χ3v) is 3.56. The molecule has 0 bridgehead atoms. The van der Waals surface area contributed by atoms with Gasteiger partial charge in [0.1, 0.15) is 18.3 Å². The predicted octanol–water partition coefficient (Wildman–Crippen LogP) is 0.791. The van der Waals surface area contributed by atoms with Crippen LogP contribution in [0.4, 0.5) is 0 Å². The van der Waals surface area contributed by atoms with Gasteiger partial charge in [0.2, 0.25) is 0 Å². The summed E-state index contributed by atoms with van der Waals surface area (Å²) in [5.41, 5.74) is 0. The van der Waals surface area contributed by atoms with Gasteiger partial charge in [-0.25, -0.2) is 0 Å². The maximum atomic E-state index is 10.1. The van der Waals surface area contributed by atoms with Gasteiger partial charge in [-0.15, -0.1) is 0 Å². The largest absolute Gasteiger partial charge is 0.390 e. The molecule has 0 aromatic carbocycles. The molecule has 1 saturated carbocycles. The number of fused-ring (bicyclic) bond motifs is 3. The Hall–Kier alpha value is -0.200. The molecule has 2 saturated heterocycles. The fraction of sp³-hybridized carbons (Fsp3) is 1.00. The van der Waals surface area contributed by atoms with Gasteiger partial charge in [-0.2, -0.15) is 0 Å². The summed E-state index contributed by atoms with van der Waals surface area (Å²) in [4.78, 5) is 0. The molecule has 1 aliphatic carbocycles. The normalized spacial score (nSPS) is 51.0. The SMILES string of the molecule is CC1(C)O[C@H]2[C@@H](O1)[C@H](O)C[C@H]1OC(C)(C)O[C@H]21. The van der Waals surface area contributed by atoms with Crippen molar-refractivity contribution in [2.24, 2.45) is 0 Å². The molecular formula is C12H20O5. The quantitative estimate of drug-likeness (QED) is 0.682. The molecule has 5 nitrogen and oxygen atoms in total. The van der Waals surface area contributed by atoms with Crippen molar-refractivity contribution in [1.29, 1.82) is 0 Å². The Bertz CT molecular complexity index is 327. The highest BCUT2D eigenvalue weighted by atomic mass is 16.8. The number of ether oxygens (including phenoxy) is 4. The van der Waals surface area contributed by atoms with Crippen LogP contribution in [0, 0.1) is 0 Å². The van der Waals surface area contributed by atoms with E-state index in [1.165, 1.54) is 0 Å². The average Bonchev–Trinajstić information content (AvgIpc) is 2.62. The topological polar surface area (TPSA) is 57.2 Å². The highest BCUT2D eigenvalue weighted by Crippen LogP contribution is 2.44. The lowest BCUT2D eigenvalue weighted by atomic mass is 9.87. The third-order valence-electron chi connectivity index (χ3n) is 3.56. The first-order chi connectivity index (χ1) is 7.77. The van der Waals surface area contributed by atoms with Crippen LogP contribution in [-0.4, -0.2) is 47.2 Å². The molecule has 0 spiro atoms. The molecule has 2 heterocycles. The highest BCUT2D eigenvalue weighted by Gasteiger charge is 2.59. The van der Waals surface area contributed by atoms with E-state index in [2.05, 4.69) is 0 Å². The molecule has 0 aromatic heterocycles. The lowest BCUT2D eigenvalue weighted by molar-refractivity contribution is -0.177. The summed E-state index contributed by atoms with van der Waals surface area (Å²) in [5, 5.41) is 10.1. The maximum Gasteiger partial charge on any atom is 0.164 e. The Balaban J connectivity index is 1.86. The first-order valence-electron chi connectivity index (χ1n) is 6.17. The van der Waals surface area contributed by atoms with Crippen LogP contribution in [0.2, 0.25) is 0 Å². The first kappa shape index (κ1) is 11.9. The van der Waals surface area contributed by atoms with Crippen molar-refractivity contribution in [3.8, 4) is 0 Å². The van der Waals surface area contributed by atoms with Crippen molar-refractivity contribution in [1.82, 2.24) is 0 Å². The van der Waals surface area contributed by atoms with E-state index in [9.17, 15) is 5.11 Å². The van der Waals surface area contributed by atoms with Crippen LogP contribution >= 0.6 is 0 Å². The van der Waals surface area contributed by atoms with Gasteiger partial charge in [-0.05, 0) is 27.7 Å². The van der Waals surface area contributed by atoms with E-state index in [1.807, 2.05) is 27.7 Å². The molecule has 2 aliphatic heterocycles. The lowest BCUT2D eigenvalue weighted by Gasteiger charge is -2.34. The highest BCUT2D eigenvalue weighted by molar-refractivity contribution is 5.03. The summed E-state index contributed by atoms with van der Waals surface area (Å²) in [6.07, 6.45) is -0.849. The van der Waals surface area contributed by atoms with Crippen molar-refractivity contribution in [2.45, 2.75) is 76.2 Å². The monoisotopic (exact) mass is 244 g/mol. The summed E-state index contributed by atoms with van der Waals surface area (Å²) in [5.74, 6) is -1.28. The van der Waals surface area contributed by atoms with Gasteiger partial charge in [-0.3, -0.25) is 0 Å². The molecule has 0 amide bonds. The molecule has 5 atom stereocenters. The van der Waals surface area contributed by atoms with Crippen LogP contribution in [0.3, 0.4) is 0 Å². The zero-order valence-electron chi connectivity index (χ0n) is 10.7. The van der Waals surface area contributed by atoms with Crippen LogP contribution in [0.1, 0.15) is 34.1 Å². The van der Waals surface area contributed by atoms with Gasteiger partial charge in [0, 0.05) is 6.42 Å².